The Hall–Kier alpha value is -4.44. The molecule has 1 aliphatic heterocycles. The van der Waals surface area contributed by atoms with Gasteiger partial charge in [-0.3, -0.25) is 4.79 Å². The molecule has 4 N–H and O–H groups in total. The lowest BCUT2D eigenvalue weighted by atomic mass is 10.1. The Bertz CT molecular complexity index is 1470. The van der Waals surface area contributed by atoms with E-state index in [4.69, 9.17) is 20.9 Å². The Morgan fingerprint density at radius 3 is 2.34 bits per heavy atom. The van der Waals surface area contributed by atoms with Crippen LogP contribution in [0.25, 0.3) is 5.69 Å². The van der Waals surface area contributed by atoms with Crippen LogP contribution in [0.3, 0.4) is 0 Å². The predicted molar refractivity (Wildman–Crippen MR) is 160 cm³/mol. The minimum Gasteiger partial charge on any atom is -0.489 e. The zero-order chi connectivity index (χ0) is 29.5. The lowest BCUT2D eigenvalue weighted by Gasteiger charge is -2.18. The van der Waals surface area contributed by atoms with E-state index in [1.807, 2.05) is 70.2 Å². The van der Waals surface area contributed by atoms with Crippen LogP contribution in [0.1, 0.15) is 59.8 Å². The molecule has 10 nitrogen and oxygen atoms in total. The molecule has 2 aromatic heterocycles. The second-order valence-electron chi connectivity index (χ2n) is 9.97. The van der Waals surface area contributed by atoms with Crippen molar-refractivity contribution < 1.29 is 14.3 Å². The molecule has 1 saturated heterocycles. The van der Waals surface area contributed by atoms with Crippen LogP contribution >= 0.6 is 0 Å². The summed E-state index contributed by atoms with van der Waals surface area (Å²) in [6, 6.07) is 13.3. The number of likely N-dealkylation sites (tertiary alicyclic amines) is 1. The van der Waals surface area contributed by atoms with Crippen LogP contribution < -0.4 is 20.9 Å². The van der Waals surface area contributed by atoms with Crippen molar-refractivity contribution in [1.29, 1.82) is 0 Å². The Morgan fingerprint density at radius 1 is 1.02 bits per heavy atom. The highest BCUT2D eigenvalue weighted by Gasteiger charge is 2.27. The number of aryl methyl sites for hydroxylation is 2. The number of aromatic nitrogens is 4. The SMILES string of the molecule is CC.Cc1cc(OCc2cnc(C)nc2)cc(Oc2ccc(-n3nc(C[C@H]4CCCN4C)c(N)c3C(N)=O)cc2)c1. The number of hydrogen-bond donors (Lipinski definition) is 2. The van der Waals surface area contributed by atoms with Crippen LogP contribution in [0.5, 0.6) is 17.2 Å². The molecule has 0 saturated carbocycles. The molecule has 3 heterocycles. The van der Waals surface area contributed by atoms with Gasteiger partial charge in [-0.2, -0.15) is 5.10 Å². The molecular weight excluding hydrogens is 518 g/mol. The third kappa shape index (κ3) is 7.20. The number of ether oxygens (including phenoxy) is 2. The maximum atomic E-state index is 12.3. The third-order valence-corrected chi connectivity index (χ3v) is 6.91. The van der Waals surface area contributed by atoms with Crippen molar-refractivity contribution in [3.63, 3.8) is 0 Å². The summed E-state index contributed by atoms with van der Waals surface area (Å²) in [4.78, 5) is 23.0. The van der Waals surface area contributed by atoms with Gasteiger partial charge in [0.2, 0.25) is 0 Å². The summed E-state index contributed by atoms with van der Waals surface area (Å²) in [7, 11) is 2.10. The van der Waals surface area contributed by atoms with Gasteiger partial charge in [0.25, 0.3) is 5.91 Å². The smallest absolute Gasteiger partial charge is 0.269 e. The molecule has 1 fully saturated rings. The summed E-state index contributed by atoms with van der Waals surface area (Å²) >= 11 is 0. The predicted octanol–water partition coefficient (Wildman–Crippen LogP) is 4.99. The van der Waals surface area contributed by atoms with Crippen LogP contribution in [-0.2, 0) is 13.0 Å². The number of carbonyl (C=O) groups is 1. The summed E-state index contributed by atoms with van der Waals surface area (Å²) in [5, 5.41) is 4.68. The van der Waals surface area contributed by atoms with Crippen molar-refractivity contribution in [3.8, 4) is 22.9 Å². The van der Waals surface area contributed by atoms with E-state index in [1.54, 1.807) is 12.4 Å². The topological polar surface area (TPSA) is 134 Å². The summed E-state index contributed by atoms with van der Waals surface area (Å²) < 4.78 is 13.6. The van der Waals surface area contributed by atoms with Crippen molar-refractivity contribution in [3.05, 3.63) is 83.2 Å². The fourth-order valence-electron chi connectivity index (χ4n) is 4.82. The van der Waals surface area contributed by atoms with Crippen molar-refractivity contribution in [1.82, 2.24) is 24.6 Å². The van der Waals surface area contributed by atoms with Crippen molar-refractivity contribution >= 4 is 11.6 Å². The number of carbonyl (C=O) groups excluding carboxylic acids is 1. The standard InChI is InChI=1S/C29H33N7O3.C2H6/c1-18-11-24(38-17-20-15-32-19(2)33-16-20)14-25(12-18)39-23-8-6-21(7-9-23)36-28(29(31)37)27(30)26(34-36)13-22-5-4-10-35(22)3;1-2/h6-9,11-12,14-16,22H,4-5,10,13,17,30H2,1-3H3,(H2,31,37);1-2H3/t22-;/m1./s1. The van der Waals surface area contributed by atoms with Crippen LogP contribution in [0.2, 0.25) is 0 Å². The number of hydrogen-bond acceptors (Lipinski definition) is 8. The first-order valence-corrected chi connectivity index (χ1v) is 13.9. The first-order valence-electron chi connectivity index (χ1n) is 13.9. The Balaban J connectivity index is 0.00000189. The maximum Gasteiger partial charge on any atom is 0.269 e. The van der Waals surface area contributed by atoms with Gasteiger partial charge in [-0.1, -0.05) is 13.8 Å². The van der Waals surface area contributed by atoms with E-state index in [0.29, 0.717) is 53.4 Å². The average Bonchev–Trinajstić information content (AvgIpc) is 3.52. The highest BCUT2D eigenvalue weighted by Crippen LogP contribution is 2.30. The van der Waals surface area contributed by atoms with Gasteiger partial charge < -0.3 is 25.8 Å². The molecule has 216 valence electrons. The first kappa shape index (κ1) is 29.5. The fraction of sp³-hybridized carbons (Fsp3) is 0.355. The zero-order valence-electron chi connectivity index (χ0n) is 24.4. The first-order chi connectivity index (χ1) is 19.8. The van der Waals surface area contributed by atoms with E-state index in [1.165, 1.54) is 4.68 Å². The molecule has 4 aromatic rings. The van der Waals surface area contributed by atoms with Crippen LogP contribution in [0.15, 0.2) is 54.9 Å². The van der Waals surface area contributed by atoms with Gasteiger partial charge in [0.1, 0.15) is 29.7 Å². The average molecular weight is 558 g/mol. The van der Waals surface area contributed by atoms with E-state index >= 15 is 0 Å². The van der Waals surface area contributed by atoms with Crippen LogP contribution in [0, 0.1) is 13.8 Å². The second kappa shape index (κ2) is 13.3. The molecule has 0 radical (unpaired) electrons. The van der Waals surface area contributed by atoms with E-state index < -0.39 is 5.91 Å². The molecule has 0 unspecified atom stereocenters. The van der Waals surface area contributed by atoms with Gasteiger partial charge in [0, 0.05) is 36.5 Å². The summed E-state index contributed by atoms with van der Waals surface area (Å²) in [6.45, 7) is 9.22. The lowest BCUT2D eigenvalue weighted by Crippen LogP contribution is -2.27. The fourth-order valence-corrected chi connectivity index (χ4v) is 4.82. The zero-order valence-corrected chi connectivity index (χ0v) is 24.4. The second-order valence-corrected chi connectivity index (χ2v) is 9.97. The molecule has 0 aliphatic carbocycles. The molecule has 2 aromatic carbocycles. The van der Waals surface area contributed by atoms with Gasteiger partial charge in [0.05, 0.1) is 17.1 Å². The van der Waals surface area contributed by atoms with E-state index in [9.17, 15) is 4.79 Å². The molecule has 1 aliphatic rings. The van der Waals surface area contributed by atoms with Crippen LogP contribution in [0.4, 0.5) is 5.69 Å². The van der Waals surface area contributed by atoms with Crippen molar-refractivity contribution in [2.24, 2.45) is 5.73 Å². The van der Waals surface area contributed by atoms with E-state index in [0.717, 1.165) is 36.3 Å². The number of rotatable bonds is 9. The van der Waals surface area contributed by atoms with Crippen molar-refractivity contribution in [2.75, 3.05) is 19.3 Å². The number of likely N-dealkylation sites (N-methyl/N-ethyl adjacent to an activating group) is 1. The van der Waals surface area contributed by atoms with E-state index in [2.05, 4.69) is 27.0 Å². The Labute approximate surface area is 241 Å². The monoisotopic (exact) mass is 557 g/mol. The molecule has 5 rings (SSSR count). The molecule has 0 spiro atoms. The summed E-state index contributed by atoms with van der Waals surface area (Å²) in [6.07, 6.45) is 6.40. The van der Waals surface area contributed by atoms with E-state index in [-0.39, 0.29) is 5.69 Å². The minimum absolute atomic E-state index is 0.193. The highest BCUT2D eigenvalue weighted by atomic mass is 16.5. The molecule has 1 atom stereocenters. The van der Waals surface area contributed by atoms with Crippen LogP contribution in [-0.4, -0.2) is 50.2 Å². The van der Waals surface area contributed by atoms with Gasteiger partial charge in [0.15, 0.2) is 5.69 Å². The Kier molecular flexibility index (Phi) is 9.57. The molecule has 0 bridgehead atoms. The molecule has 41 heavy (non-hydrogen) atoms. The number of amides is 1. The number of nitrogen functional groups attached to an aromatic ring is 1. The quantitative estimate of drug-likeness (QED) is 0.294. The molecule has 10 heteroatoms. The number of nitrogens with zero attached hydrogens (tertiary/aromatic N) is 5. The summed E-state index contributed by atoms with van der Waals surface area (Å²) in [5.74, 6) is 2.05. The molecular formula is C31H39N7O3. The van der Waals surface area contributed by atoms with Crippen molar-refractivity contribution in [2.45, 2.75) is 59.6 Å². The van der Waals surface area contributed by atoms with Gasteiger partial charge in [-0.05, 0) is 82.2 Å². The number of primary amides is 1. The third-order valence-electron chi connectivity index (χ3n) is 6.91. The number of anilines is 1. The number of nitrogens with two attached hydrogens (primary N) is 2. The van der Waals surface area contributed by atoms with Gasteiger partial charge in [-0.25, -0.2) is 14.6 Å². The maximum absolute atomic E-state index is 12.3. The minimum atomic E-state index is -0.615. The Morgan fingerprint density at radius 2 is 1.71 bits per heavy atom. The molecule has 1 amide bonds. The van der Waals surface area contributed by atoms with Gasteiger partial charge in [-0.15, -0.1) is 0 Å². The lowest BCUT2D eigenvalue weighted by molar-refractivity contribution is 0.0993. The summed E-state index contributed by atoms with van der Waals surface area (Å²) in [5.41, 5.74) is 15.8. The largest absolute Gasteiger partial charge is 0.489 e. The highest BCUT2D eigenvalue weighted by molar-refractivity contribution is 5.97. The number of benzene rings is 2. The normalized spacial score (nSPS) is 14.8. The van der Waals surface area contributed by atoms with Gasteiger partial charge >= 0.3 is 0 Å².